The molecule has 0 saturated carbocycles. The molecule has 0 bridgehead atoms. The summed E-state index contributed by atoms with van der Waals surface area (Å²) in [5.41, 5.74) is 3.76. The molecule has 1 aromatic carbocycles. The molecular weight excluding hydrogens is 300 g/mol. The quantitative estimate of drug-likeness (QED) is 0.686. The second-order valence-corrected chi connectivity index (χ2v) is 6.57. The van der Waals surface area contributed by atoms with Crippen LogP contribution in [0.25, 0.3) is 10.9 Å². The molecule has 1 aliphatic heterocycles. The summed E-state index contributed by atoms with van der Waals surface area (Å²) in [5.74, 6) is 0.521. The van der Waals surface area contributed by atoms with E-state index in [2.05, 4.69) is 45.7 Å². The predicted octanol–water partition coefficient (Wildman–Crippen LogP) is 2.81. The first-order valence-corrected chi connectivity index (χ1v) is 8.67. The van der Waals surface area contributed by atoms with Crippen molar-refractivity contribution in [3.63, 3.8) is 0 Å². The standard InChI is InChI=1S/C19H24N4O/c1-23-18(6-10-22-23)19-16(7-11-24-19)13-20-8-4-14-2-3-17-15(12-14)5-9-21-17/h2-3,5-6,9-10,12,16,19-21H,4,7-8,11,13H2,1H3/t16-,19+/m0/s1. The van der Waals surface area contributed by atoms with E-state index in [1.165, 1.54) is 22.2 Å². The van der Waals surface area contributed by atoms with Gasteiger partial charge in [0.15, 0.2) is 0 Å². The third-order valence-electron chi connectivity index (χ3n) is 4.98. The van der Waals surface area contributed by atoms with Crippen molar-refractivity contribution < 1.29 is 4.74 Å². The monoisotopic (exact) mass is 324 g/mol. The van der Waals surface area contributed by atoms with Crippen LogP contribution in [0.3, 0.4) is 0 Å². The second-order valence-electron chi connectivity index (χ2n) is 6.57. The van der Waals surface area contributed by atoms with Crippen molar-refractivity contribution in [2.24, 2.45) is 13.0 Å². The summed E-state index contributed by atoms with van der Waals surface area (Å²) in [7, 11) is 1.98. The first kappa shape index (κ1) is 15.4. The van der Waals surface area contributed by atoms with E-state index >= 15 is 0 Å². The summed E-state index contributed by atoms with van der Waals surface area (Å²) >= 11 is 0. The third kappa shape index (κ3) is 3.09. The number of ether oxygens (including phenoxy) is 1. The van der Waals surface area contributed by atoms with Gasteiger partial charge in [-0.2, -0.15) is 5.10 Å². The first-order valence-electron chi connectivity index (χ1n) is 8.67. The SMILES string of the molecule is Cn1nccc1[C@@H]1OCC[C@H]1CNCCc1ccc2[nH]ccc2c1. The minimum absolute atomic E-state index is 0.168. The van der Waals surface area contributed by atoms with Gasteiger partial charge in [-0.25, -0.2) is 0 Å². The molecule has 3 aromatic rings. The molecule has 5 nitrogen and oxygen atoms in total. The molecule has 1 saturated heterocycles. The molecule has 2 N–H and O–H groups in total. The lowest BCUT2D eigenvalue weighted by Gasteiger charge is -2.19. The number of fused-ring (bicyclic) bond motifs is 1. The Kier molecular flexibility index (Phi) is 4.36. The van der Waals surface area contributed by atoms with Crippen LogP contribution in [0.1, 0.15) is 23.8 Å². The molecule has 0 amide bonds. The van der Waals surface area contributed by atoms with Gasteiger partial charge in [0, 0.05) is 44.0 Å². The molecule has 0 spiro atoms. The van der Waals surface area contributed by atoms with Gasteiger partial charge in [-0.3, -0.25) is 4.68 Å². The summed E-state index contributed by atoms with van der Waals surface area (Å²) < 4.78 is 7.87. The van der Waals surface area contributed by atoms with Gasteiger partial charge >= 0.3 is 0 Å². The molecule has 4 rings (SSSR count). The van der Waals surface area contributed by atoms with Crippen molar-refractivity contribution in [3.8, 4) is 0 Å². The highest BCUT2D eigenvalue weighted by Crippen LogP contribution is 2.33. The van der Waals surface area contributed by atoms with Gasteiger partial charge in [-0.1, -0.05) is 6.07 Å². The molecule has 3 heterocycles. The Morgan fingerprint density at radius 3 is 3.17 bits per heavy atom. The molecule has 0 unspecified atom stereocenters. The van der Waals surface area contributed by atoms with Crippen LogP contribution in [-0.2, 0) is 18.2 Å². The van der Waals surface area contributed by atoms with Gasteiger partial charge in [0.25, 0.3) is 0 Å². The number of benzene rings is 1. The zero-order chi connectivity index (χ0) is 16.4. The molecule has 1 aliphatic rings. The van der Waals surface area contributed by atoms with Crippen molar-refractivity contribution in [3.05, 3.63) is 54.0 Å². The van der Waals surface area contributed by atoms with E-state index in [1.54, 1.807) is 0 Å². The topological polar surface area (TPSA) is 54.9 Å². The van der Waals surface area contributed by atoms with E-state index in [0.717, 1.165) is 32.5 Å². The Labute approximate surface area is 142 Å². The zero-order valence-corrected chi connectivity index (χ0v) is 14.0. The van der Waals surface area contributed by atoms with Gasteiger partial charge in [0.05, 0.1) is 5.69 Å². The minimum Gasteiger partial charge on any atom is -0.372 e. The molecule has 2 atom stereocenters. The Bertz CT molecular complexity index is 806. The van der Waals surface area contributed by atoms with E-state index in [9.17, 15) is 0 Å². The maximum atomic E-state index is 5.94. The van der Waals surface area contributed by atoms with Crippen LogP contribution in [-0.4, -0.2) is 34.5 Å². The molecule has 1 fully saturated rings. The Hall–Kier alpha value is -2.11. The number of aromatic amines is 1. The number of H-pyrrole nitrogens is 1. The smallest absolute Gasteiger partial charge is 0.103 e. The van der Waals surface area contributed by atoms with Crippen molar-refractivity contribution in [2.45, 2.75) is 18.9 Å². The maximum Gasteiger partial charge on any atom is 0.103 e. The van der Waals surface area contributed by atoms with Crippen LogP contribution < -0.4 is 5.32 Å². The zero-order valence-electron chi connectivity index (χ0n) is 14.0. The van der Waals surface area contributed by atoms with E-state index < -0.39 is 0 Å². The second kappa shape index (κ2) is 6.79. The van der Waals surface area contributed by atoms with Crippen molar-refractivity contribution in [1.82, 2.24) is 20.1 Å². The number of nitrogens with zero attached hydrogens (tertiary/aromatic N) is 2. The average Bonchev–Trinajstić information content (AvgIpc) is 3.31. The summed E-state index contributed by atoms with van der Waals surface area (Å²) in [5, 5.41) is 9.16. The van der Waals surface area contributed by atoms with E-state index in [4.69, 9.17) is 4.74 Å². The average molecular weight is 324 g/mol. The number of hydrogen-bond donors (Lipinski definition) is 2. The summed E-state index contributed by atoms with van der Waals surface area (Å²) in [6.45, 7) is 2.82. The van der Waals surface area contributed by atoms with Crippen LogP contribution in [0.2, 0.25) is 0 Å². The lowest BCUT2D eigenvalue weighted by atomic mass is 9.99. The molecule has 0 radical (unpaired) electrons. The highest BCUT2D eigenvalue weighted by atomic mass is 16.5. The van der Waals surface area contributed by atoms with E-state index in [-0.39, 0.29) is 6.10 Å². The third-order valence-corrected chi connectivity index (χ3v) is 4.98. The summed E-state index contributed by atoms with van der Waals surface area (Å²) in [4.78, 5) is 3.24. The van der Waals surface area contributed by atoms with Crippen LogP contribution in [0.15, 0.2) is 42.7 Å². The van der Waals surface area contributed by atoms with Crippen molar-refractivity contribution in [2.75, 3.05) is 19.7 Å². The lowest BCUT2D eigenvalue weighted by molar-refractivity contribution is 0.0839. The van der Waals surface area contributed by atoms with E-state index in [0.29, 0.717) is 5.92 Å². The van der Waals surface area contributed by atoms with E-state index in [1.807, 2.05) is 24.1 Å². The fourth-order valence-corrected chi connectivity index (χ4v) is 3.61. The predicted molar refractivity (Wildman–Crippen MR) is 94.9 cm³/mol. The molecule has 0 aliphatic carbocycles. The number of hydrogen-bond acceptors (Lipinski definition) is 3. The number of rotatable bonds is 6. The Morgan fingerprint density at radius 1 is 1.33 bits per heavy atom. The fraction of sp³-hybridized carbons (Fsp3) is 0.421. The van der Waals surface area contributed by atoms with Crippen LogP contribution in [0.4, 0.5) is 0 Å². The van der Waals surface area contributed by atoms with Gasteiger partial charge in [-0.05, 0) is 54.6 Å². The first-order chi connectivity index (χ1) is 11.8. The fourth-order valence-electron chi connectivity index (χ4n) is 3.61. The van der Waals surface area contributed by atoms with Crippen molar-refractivity contribution in [1.29, 1.82) is 0 Å². The highest BCUT2D eigenvalue weighted by Gasteiger charge is 2.31. The number of aryl methyl sites for hydroxylation is 1. The van der Waals surface area contributed by atoms with Gasteiger partial charge in [0.1, 0.15) is 6.10 Å². The Balaban J connectivity index is 1.29. The number of nitrogens with one attached hydrogen (secondary N) is 2. The molecule has 24 heavy (non-hydrogen) atoms. The largest absolute Gasteiger partial charge is 0.372 e. The molecule has 2 aromatic heterocycles. The molecular formula is C19H24N4O. The normalized spacial score (nSPS) is 20.9. The lowest BCUT2D eigenvalue weighted by Crippen LogP contribution is -2.27. The number of aromatic nitrogens is 3. The molecule has 5 heteroatoms. The van der Waals surface area contributed by atoms with Gasteiger partial charge in [-0.15, -0.1) is 0 Å². The van der Waals surface area contributed by atoms with Crippen molar-refractivity contribution >= 4 is 10.9 Å². The van der Waals surface area contributed by atoms with Crippen LogP contribution in [0, 0.1) is 5.92 Å². The van der Waals surface area contributed by atoms with Crippen LogP contribution in [0.5, 0.6) is 0 Å². The van der Waals surface area contributed by atoms with Crippen LogP contribution >= 0.6 is 0 Å². The van der Waals surface area contributed by atoms with Gasteiger partial charge in [0.2, 0.25) is 0 Å². The highest BCUT2D eigenvalue weighted by molar-refractivity contribution is 5.79. The Morgan fingerprint density at radius 2 is 2.29 bits per heavy atom. The summed E-state index contributed by atoms with van der Waals surface area (Å²) in [6.07, 6.45) is 6.16. The maximum absolute atomic E-state index is 5.94. The summed E-state index contributed by atoms with van der Waals surface area (Å²) in [6, 6.07) is 10.8. The molecule has 126 valence electrons. The minimum atomic E-state index is 0.168. The van der Waals surface area contributed by atoms with Gasteiger partial charge < -0.3 is 15.0 Å².